The van der Waals surface area contributed by atoms with Crippen LogP contribution in [0.15, 0.2) is 24.3 Å². The summed E-state index contributed by atoms with van der Waals surface area (Å²) in [6.07, 6.45) is 3.67. The number of amides is 2. The summed E-state index contributed by atoms with van der Waals surface area (Å²) in [5.74, 6) is 0.570. The van der Waals surface area contributed by atoms with Gasteiger partial charge in [-0.3, -0.25) is 9.59 Å². The highest BCUT2D eigenvalue weighted by molar-refractivity contribution is 5.93. The van der Waals surface area contributed by atoms with Gasteiger partial charge in [0.15, 0.2) is 0 Å². The molecule has 0 spiro atoms. The fourth-order valence-electron chi connectivity index (χ4n) is 3.26. The summed E-state index contributed by atoms with van der Waals surface area (Å²) in [5, 5.41) is 5.63. The van der Waals surface area contributed by atoms with E-state index < -0.39 is 11.5 Å². The summed E-state index contributed by atoms with van der Waals surface area (Å²) >= 11 is 0. The third-order valence-corrected chi connectivity index (χ3v) is 4.63. The van der Waals surface area contributed by atoms with E-state index in [4.69, 9.17) is 4.74 Å². The molecule has 0 aliphatic heterocycles. The van der Waals surface area contributed by atoms with Gasteiger partial charge in [-0.2, -0.15) is 0 Å². The minimum Gasteiger partial charge on any atom is -0.497 e. The number of carbonyl (C=O) groups is 2. The Morgan fingerprint density at radius 1 is 1.22 bits per heavy atom. The Morgan fingerprint density at radius 2 is 1.83 bits per heavy atom. The van der Waals surface area contributed by atoms with Crippen molar-refractivity contribution in [1.82, 2.24) is 10.6 Å². The molecule has 1 atom stereocenters. The van der Waals surface area contributed by atoms with Crippen molar-refractivity contribution in [3.8, 4) is 5.75 Å². The van der Waals surface area contributed by atoms with Crippen LogP contribution in [0.25, 0.3) is 0 Å². The van der Waals surface area contributed by atoms with E-state index in [2.05, 4.69) is 10.6 Å². The molecule has 1 aromatic carbocycles. The lowest BCUT2D eigenvalue weighted by Crippen LogP contribution is -2.51. The maximum Gasteiger partial charge on any atom is 0.242 e. The minimum absolute atomic E-state index is 0.0566. The smallest absolute Gasteiger partial charge is 0.242 e. The van der Waals surface area contributed by atoms with Gasteiger partial charge in [-0.25, -0.2) is 0 Å². The van der Waals surface area contributed by atoms with E-state index in [-0.39, 0.29) is 11.8 Å². The molecule has 5 nitrogen and oxygen atoms in total. The van der Waals surface area contributed by atoms with Gasteiger partial charge >= 0.3 is 0 Å². The van der Waals surface area contributed by atoms with Gasteiger partial charge in [0.1, 0.15) is 11.8 Å². The molecule has 2 N–H and O–H groups in total. The first kappa shape index (κ1) is 17.3. The maximum absolute atomic E-state index is 12.9. The third kappa shape index (κ3) is 3.66. The van der Waals surface area contributed by atoms with Crippen LogP contribution in [0, 0.1) is 0 Å². The van der Waals surface area contributed by atoms with Crippen molar-refractivity contribution < 1.29 is 14.3 Å². The number of carbonyl (C=O) groups excluding carboxylic acids is 2. The fraction of sp³-hybridized carbons (Fsp3) is 0.556. The van der Waals surface area contributed by atoms with Gasteiger partial charge in [0, 0.05) is 6.54 Å². The number of likely N-dealkylation sites (N-methyl/N-ethyl adjacent to an activating group) is 1. The van der Waals surface area contributed by atoms with Gasteiger partial charge in [-0.15, -0.1) is 0 Å². The number of rotatable bonds is 6. The molecule has 2 rings (SSSR count). The lowest BCUT2D eigenvalue weighted by Gasteiger charge is -2.30. The molecule has 1 fully saturated rings. The molecular formula is C18H26N2O3. The molecule has 0 heterocycles. The van der Waals surface area contributed by atoms with Gasteiger partial charge in [-0.1, -0.05) is 25.0 Å². The minimum atomic E-state index is -0.535. The normalized spacial score (nSPS) is 17.3. The van der Waals surface area contributed by atoms with Crippen molar-refractivity contribution in [2.24, 2.45) is 0 Å². The Morgan fingerprint density at radius 3 is 2.35 bits per heavy atom. The molecule has 0 saturated heterocycles. The number of hydrogen-bond acceptors (Lipinski definition) is 3. The third-order valence-electron chi connectivity index (χ3n) is 4.63. The Labute approximate surface area is 137 Å². The van der Waals surface area contributed by atoms with Crippen LogP contribution in [0.3, 0.4) is 0 Å². The summed E-state index contributed by atoms with van der Waals surface area (Å²) in [6, 6.07) is 7.16. The molecule has 0 bridgehead atoms. The topological polar surface area (TPSA) is 67.4 Å². The van der Waals surface area contributed by atoms with Crippen LogP contribution in [-0.2, 0) is 15.0 Å². The van der Waals surface area contributed by atoms with Gasteiger partial charge in [0.25, 0.3) is 0 Å². The molecule has 2 amide bonds. The fourth-order valence-corrected chi connectivity index (χ4v) is 3.26. The van der Waals surface area contributed by atoms with Gasteiger partial charge in [0.2, 0.25) is 11.8 Å². The summed E-state index contributed by atoms with van der Waals surface area (Å²) < 4.78 is 5.19. The molecule has 1 aliphatic rings. The first-order valence-electron chi connectivity index (χ1n) is 8.26. The van der Waals surface area contributed by atoms with Crippen LogP contribution in [0.5, 0.6) is 5.75 Å². The van der Waals surface area contributed by atoms with Crippen LogP contribution < -0.4 is 15.4 Å². The van der Waals surface area contributed by atoms with Crippen LogP contribution >= 0.6 is 0 Å². The Bertz CT molecular complexity index is 548. The van der Waals surface area contributed by atoms with Crippen molar-refractivity contribution >= 4 is 11.8 Å². The highest BCUT2D eigenvalue weighted by Crippen LogP contribution is 2.41. The zero-order valence-corrected chi connectivity index (χ0v) is 14.1. The van der Waals surface area contributed by atoms with Crippen LogP contribution in [0.4, 0.5) is 0 Å². The highest BCUT2D eigenvalue weighted by atomic mass is 16.5. The zero-order chi connectivity index (χ0) is 16.9. The molecule has 1 aromatic rings. The SMILES string of the molecule is CCNC(=O)[C@@H](C)NC(=O)C1(c2ccc(OC)cc2)CCCC1. The summed E-state index contributed by atoms with van der Waals surface area (Å²) in [7, 11) is 1.63. The average molecular weight is 318 g/mol. The Balaban J connectivity index is 2.19. The van der Waals surface area contributed by atoms with E-state index in [1.165, 1.54) is 0 Å². The molecule has 5 heteroatoms. The highest BCUT2D eigenvalue weighted by Gasteiger charge is 2.43. The van der Waals surface area contributed by atoms with Crippen LogP contribution in [-0.4, -0.2) is 31.5 Å². The van der Waals surface area contributed by atoms with Gasteiger partial charge < -0.3 is 15.4 Å². The maximum atomic E-state index is 12.9. The number of hydrogen-bond donors (Lipinski definition) is 2. The van der Waals surface area contributed by atoms with Gasteiger partial charge in [-0.05, 0) is 44.4 Å². The van der Waals surface area contributed by atoms with E-state index in [9.17, 15) is 9.59 Å². The second-order valence-electron chi connectivity index (χ2n) is 6.11. The first-order valence-corrected chi connectivity index (χ1v) is 8.26. The lowest BCUT2D eigenvalue weighted by molar-refractivity contribution is -0.131. The predicted molar refractivity (Wildman–Crippen MR) is 89.4 cm³/mol. The number of nitrogens with one attached hydrogen (secondary N) is 2. The van der Waals surface area contributed by atoms with Gasteiger partial charge in [0.05, 0.1) is 12.5 Å². The Kier molecular flexibility index (Phi) is 5.64. The second-order valence-corrected chi connectivity index (χ2v) is 6.11. The second kappa shape index (κ2) is 7.49. The van der Waals surface area contributed by atoms with Crippen LogP contribution in [0.1, 0.15) is 45.1 Å². The van der Waals surface area contributed by atoms with E-state index in [1.54, 1.807) is 14.0 Å². The van der Waals surface area contributed by atoms with Crippen molar-refractivity contribution in [1.29, 1.82) is 0 Å². The Hall–Kier alpha value is -2.04. The van der Waals surface area contributed by atoms with Crippen molar-refractivity contribution in [3.05, 3.63) is 29.8 Å². The van der Waals surface area contributed by atoms with E-state index in [1.807, 2.05) is 31.2 Å². The predicted octanol–water partition coefficient (Wildman–Crippen LogP) is 2.15. The quantitative estimate of drug-likeness (QED) is 0.844. The number of ether oxygens (including phenoxy) is 1. The molecule has 0 unspecified atom stereocenters. The van der Waals surface area contributed by atoms with Crippen molar-refractivity contribution in [2.45, 2.75) is 51.0 Å². The summed E-state index contributed by atoms with van der Waals surface area (Å²) in [5.41, 5.74) is 0.462. The standard InChI is InChI=1S/C18H26N2O3/c1-4-19-16(21)13(2)20-17(22)18(11-5-6-12-18)14-7-9-15(23-3)10-8-14/h7-10,13H,4-6,11-12H2,1-3H3,(H,19,21)(H,20,22)/t13-/m1/s1. The first-order chi connectivity index (χ1) is 11.0. The number of methoxy groups -OCH3 is 1. The van der Waals surface area contributed by atoms with E-state index >= 15 is 0 Å². The lowest BCUT2D eigenvalue weighted by atomic mass is 9.77. The molecule has 1 aliphatic carbocycles. The van der Waals surface area contributed by atoms with Crippen LogP contribution in [0.2, 0.25) is 0 Å². The van der Waals surface area contributed by atoms with Crippen molar-refractivity contribution in [3.63, 3.8) is 0 Å². The molecule has 23 heavy (non-hydrogen) atoms. The molecular weight excluding hydrogens is 292 g/mol. The zero-order valence-electron chi connectivity index (χ0n) is 14.1. The van der Waals surface area contributed by atoms with E-state index in [0.29, 0.717) is 6.54 Å². The molecule has 1 saturated carbocycles. The van der Waals surface area contributed by atoms with E-state index in [0.717, 1.165) is 37.0 Å². The summed E-state index contributed by atoms with van der Waals surface area (Å²) in [4.78, 5) is 24.8. The largest absolute Gasteiger partial charge is 0.497 e. The monoisotopic (exact) mass is 318 g/mol. The number of benzene rings is 1. The van der Waals surface area contributed by atoms with Crippen molar-refractivity contribution in [2.75, 3.05) is 13.7 Å². The summed E-state index contributed by atoms with van der Waals surface area (Å²) in [6.45, 7) is 4.14. The average Bonchev–Trinajstić information content (AvgIpc) is 3.06. The molecule has 126 valence electrons. The molecule has 0 aromatic heterocycles. The molecule has 0 radical (unpaired) electrons.